The van der Waals surface area contributed by atoms with Gasteiger partial charge in [-0.25, -0.2) is 8.42 Å². The van der Waals surface area contributed by atoms with E-state index in [0.29, 0.717) is 18.2 Å². The molecule has 26 heavy (non-hydrogen) atoms. The van der Waals surface area contributed by atoms with E-state index in [2.05, 4.69) is 5.32 Å². The molecule has 0 fully saturated rings. The van der Waals surface area contributed by atoms with Crippen LogP contribution < -0.4 is 5.32 Å². The summed E-state index contributed by atoms with van der Waals surface area (Å²) in [5, 5.41) is 3.20. The third-order valence-corrected chi connectivity index (χ3v) is 5.66. The Balaban J connectivity index is 2.23. The van der Waals surface area contributed by atoms with Crippen LogP contribution in [-0.2, 0) is 26.1 Å². The summed E-state index contributed by atoms with van der Waals surface area (Å²) in [5.41, 5.74) is 0.735. The average molecular weight is 397 g/mol. The maximum atomic E-state index is 13.0. The molecule has 0 heterocycles. The molecule has 0 saturated heterocycles. The van der Waals surface area contributed by atoms with Crippen LogP contribution in [0.2, 0.25) is 5.02 Å². The quantitative estimate of drug-likeness (QED) is 0.660. The lowest BCUT2D eigenvalue weighted by atomic mass is 10.2. The van der Waals surface area contributed by atoms with Gasteiger partial charge < -0.3 is 10.1 Å². The van der Waals surface area contributed by atoms with Crippen LogP contribution in [0.3, 0.4) is 0 Å². The Labute approximate surface area is 158 Å². The molecule has 0 unspecified atom stereocenters. The summed E-state index contributed by atoms with van der Waals surface area (Å²) in [4.78, 5) is 12.3. The van der Waals surface area contributed by atoms with Gasteiger partial charge in [-0.3, -0.25) is 4.79 Å². The molecule has 2 aromatic carbocycles. The molecule has 0 aliphatic rings. The molecule has 0 aromatic heterocycles. The zero-order chi connectivity index (χ0) is 19.0. The summed E-state index contributed by atoms with van der Waals surface area (Å²) >= 11 is 5.88. The first kappa shape index (κ1) is 20.4. The molecule has 0 aliphatic carbocycles. The molecular weight excluding hydrogens is 376 g/mol. The Morgan fingerprint density at radius 3 is 2.38 bits per heavy atom. The summed E-state index contributed by atoms with van der Waals surface area (Å²) in [6, 6.07) is 14.9. The molecule has 0 atom stereocenters. The molecule has 0 radical (unpaired) electrons. The van der Waals surface area contributed by atoms with Crippen molar-refractivity contribution in [2.75, 3.05) is 26.8 Å². The zero-order valence-corrected chi connectivity index (χ0v) is 16.0. The Bertz CT molecular complexity index is 811. The number of halogens is 1. The number of amides is 1. The van der Waals surface area contributed by atoms with Crippen molar-refractivity contribution in [1.82, 2.24) is 9.62 Å². The normalized spacial score (nSPS) is 11.5. The van der Waals surface area contributed by atoms with E-state index in [1.165, 1.54) is 19.2 Å². The Kier molecular flexibility index (Phi) is 7.59. The van der Waals surface area contributed by atoms with Crippen LogP contribution in [0.25, 0.3) is 0 Å². The molecule has 1 amide bonds. The van der Waals surface area contributed by atoms with Crippen molar-refractivity contribution in [3.05, 3.63) is 65.2 Å². The van der Waals surface area contributed by atoms with Gasteiger partial charge in [0.1, 0.15) is 0 Å². The summed E-state index contributed by atoms with van der Waals surface area (Å²) in [7, 11) is -2.30. The molecule has 2 rings (SSSR count). The van der Waals surface area contributed by atoms with Crippen LogP contribution in [0.5, 0.6) is 0 Å². The molecule has 8 heteroatoms. The topological polar surface area (TPSA) is 75.7 Å². The highest BCUT2D eigenvalue weighted by Crippen LogP contribution is 2.19. The van der Waals surface area contributed by atoms with Crippen molar-refractivity contribution in [2.45, 2.75) is 11.4 Å². The van der Waals surface area contributed by atoms with Crippen LogP contribution in [-0.4, -0.2) is 45.4 Å². The number of nitrogens with zero attached hydrogens (tertiary/aromatic N) is 1. The maximum Gasteiger partial charge on any atom is 0.243 e. The van der Waals surface area contributed by atoms with Crippen molar-refractivity contribution in [3.8, 4) is 0 Å². The lowest BCUT2D eigenvalue weighted by Gasteiger charge is -2.22. The van der Waals surface area contributed by atoms with E-state index in [0.717, 1.165) is 9.87 Å². The fourth-order valence-corrected chi connectivity index (χ4v) is 3.80. The van der Waals surface area contributed by atoms with Crippen molar-refractivity contribution in [3.63, 3.8) is 0 Å². The van der Waals surface area contributed by atoms with Crippen molar-refractivity contribution in [2.24, 2.45) is 0 Å². The van der Waals surface area contributed by atoms with Crippen molar-refractivity contribution in [1.29, 1.82) is 0 Å². The van der Waals surface area contributed by atoms with Crippen LogP contribution >= 0.6 is 11.6 Å². The standard InChI is InChI=1S/C18H21ClN2O4S/c1-25-12-11-20-18(22)14-21(13-15-7-9-16(19)10-8-15)26(23,24)17-5-3-2-4-6-17/h2-10H,11-14H2,1H3,(H,20,22). The van der Waals surface area contributed by atoms with Crippen LogP contribution in [0, 0.1) is 0 Å². The number of ether oxygens (including phenoxy) is 1. The lowest BCUT2D eigenvalue weighted by molar-refractivity contribution is -0.121. The summed E-state index contributed by atoms with van der Waals surface area (Å²) in [6.45, 7) is 0.444. The summed E-state index contributed by atoms with van der Waals surface area (Å²) in [5.74, 6) is -0.393. The maximum absolute atomic E-state index is 13.0. The first-order valence-corrected chi connectivity index (χ1v) is 9.80. The van der Waals surface area contributed by atoms with Crippen LogP contribution in [0.4, 0.5) is 0 Å². The van der Waals surface area contributed by atoms with E-state index in [9.17, 15) is 13.2 Å². The molecule has 0 saturated carbocycles. The van der Waals surface area contributed by atoms with E-state index in [4.69, 9.17) is 16.3 Å². The van der Waals surface area contributed by atoms with Gasteiger partial charge in [-0.2, -0.15) is 4.31 Å². The molecule has 0 bridgehead atoms. The first-order valence-electron chi connectivity index (χ1n) is 7.99. The summed E-state index contributed by atoms with van der Waals surface area (Å²) < 4.78 is 32.0. The van der Waals surface area contributed by atoms with Crippen LogP contribution in [0.15, 0.2) is 59.5 Å². The average Bonchev–Trinajstić information content (AvgIpc) is 2.64. The second-order valence-corrected chi connectivity index (χ2v) is 7.93. The van der Waals surface area contributed by atoms with Gasteiger partial charge in [0, 0.05) is 25.2 Å². The number of hydrogen-bond donors (Lipinski definition) is 1. The van der Waals surface area contributed by atoms with Crippen molar-refractivity contribution < 1.29 is 17.9 Å². The van der Waals surface area contributed by atoms with Crippen LogP contribution in [0.1, 0.15) is 5.56 Å². The molecule has 2 aromatic rings. The SMILES string of the molecule is COCCNC(=O)CN(Cc1ccc(Cl)cc1)S(=O)(=O)c1ccccc1. The van der Waals surface area contributed by atoms with E-state index < -0.39 is 15.9 Å². The minimum Gasteiger partial charge on any atom is -0.383 e. The Morgan fingerprint density at radius 2 is 1.77 bits per heavy atom. The lowest BCUT2D eigenvalue weighted by Crippen LogP contribution is -2.41. The van der Waals surface area contributed by atoms with Crippen molar-refractivity contribution >= 4 is 27.5 Å². The van der Waals surface area contributed by atoms with Gasteiger partial charge >= 0.3 is 0 Å². The van der Waals surface area contributed by atoms with Gasteiger partial charge in [0.25, 0.3) is 0 Å². The number of rotatable bonds is 9. The highest BCUT2D eigenvalue weighted by atomic mass is 35.5. The molecule has 0 aliphatic heterocycles. The number of methoxy groups -OCH3 is 1. The second kappa shape index (κ2) is 9.68. The third kappa shape index (κ3) is 5.81. The third-order valence-electron chi connectivity index (χ3n) is 3.60. The van der Waals surface area contributed by atoms with E-state index in [1.807, 2.05) is 0 Å². The molecular formula is C18H21ClN2O4S. The van der Waals surface area contributed by atoms with Gasteiger partial charge in [-0.05, 0) is 29.8 Å². The number of nitrogens with one attached hydrogen (secondary N) is 1. The highest BCUT2D eigenvalue weighted by molar-refractivity contribution is 7.89. The number of hydrogen-bond acceptors (Lipinski definition) is 4. The monoisotopic (exact) mass is 396 g/mol. The Morgan fingerprint density at radius 1 is 1.12 bits per heavy atom. The largest absolute Gasteiger partial charge is 0.383 e. The minimum atomic E-state index is -3.83. The number of carbonyl (C=O) groups excluding carboxylic acids is 1. The number of sulfonamides is 1. The second-order valence-electron chi connectivity index (χ2n) is 5.56. The highest BCUT2D eigenvalue weighted by Gasteiger charge is 2.26. The predicted octanol–water partition coefficient (Wildman–Crippen LogP) is 2.29. The molecule has 1 N–H and O–H groups in total. The van der Waals surface area contributed by atoms with E-state index >= 15 is 0 Å². The number of carbonyl (C=O) groups is 1. The van der Waals surface area contributed by atoms with Gasteiger partial charge in [-0.1, -0.05) is 41.9 Å². The molecule has 6 nitrogen and oxygen atoms in total. The van der Waals surface area contributed by atoms with Gasteiger partial charge in [0.05, 0.1) is 18.0 Å². The predicted molar refractivity (Wildman–Crippen MR) is 100 cm³/mol. The van der Waals surface area contributed by atoms with E-state index in [-0.39, 0.29) is 18.0 Å². The van der Waals surface area contributed by atoms with Gasteiger partial charge in [-0.15, -0.1) is 0 Å². The zero-order valence-electron chi connectivity index (χ0n) is 14.4. The summed E-state index contributed by atoms with van der Waals surface area (Å²) in [6.07, 6.45) is 0. The minimum absolute atomic E-state index is 0.0616. The fraction of sp³-hybridized carbons (Fsp3) is 0.278. The first-order chi connectivity index (χ1) is 12.4. The van der Waals surface area contributed by atoms with Gasteiger partial charge in [0.15, 0.2) is 0 Å². The molecule has 140 valence electrons. The number of benzene rings is 2. The van der Waals surface area contributed by atoms with Gasteiger partial charge in [0.2, 0.25) is 15.9 Å². The Hall–Kier alpha value is -1.93. The molecule has 0 spiro atoms. The van der Waals surface area contributed by atoms with E-state index in [1.54, 1.807) is 42.5 Å². The smallest absolute Gasteiger partial charge is 0.243 e. The fourth-order valence-electron chi connectivity index (χ4n) is 2.27.